The van der Waals surface area contributed by atoms with Gasteiger partial charge in [0.15, 0.2) is 0 Å². The molecule has 0 aliphatic carbocycles. The van der Waals surface area contributed by atoms with Crippen molar-refractivity contribution in [3.05, 3.63) is 29.8 Å². The molecule has 1 unspecified atom stereocenters. The van der Waals surface area contributed by atoms with Crippen molar-refractivity contribution in [3.63, 3.8) is 0 Å². The summed E-state index contributed by atoms with van der Waals surface area (Å²) >= 11 is 0. The van der Waals surface area contributed by atoms with Gasteiger partial charge in [-0.25, -0.2) is 0 Å². The molecule has 0 aliphatic heterocycles. The van der Waals surface area contributed by atoms with Gasteiger partial charge in [0, 0.05) is 12.6 Å². The number of nitrogens with zero attached hydrogens (tertiary/aromatic N) is 2. The van der Waals surface area contributed by atoms with E-state index in [2.05, 4.69) is 31.7 Å². The lowest BCUT2D eigenvalue weighted by Gasteiger charge is -2.28. The summed E-state index contributed by atoms with van der Waals surface area (Å²) < 4.78 is 5.74. The Labute approximate surface area is 129 Å². The molecule has 1 aromatic rings. The van der Waals surface area contributed by atoms with Gasteiger partial charge in [-0.2, -0.15) is 5.26 Å². The van der Waals surface area contributed by atoms with Crippen molar-refractivity contribution in [1.82, 2.24) is 4.90 Å². The summed E-state index contributed by atoms with van der Waals surface area (Å²) in [7, 11) is 0. The first-order valence-electron chi connectivity index (χ1n) is 8.08. The number of hydrogen-bond acceptors (Lipinski definition) is 3. The fraction of sp³-hybridized carbons (Fsp3) is 0.611. The Morgan fingerprint density at radius 3 is 2.67 bits per heavy atom. The van der Waals surface area contributed by atoms with Crippen molar-refractivity contribution in [2.24, 2.45) is 0 Å². The molecule has 0 bridgehead atoms. The van der Waals surface area contributed by atoms with Crippen LogP contribution in [-0.4, -0.2) is 30.6 Å². The molecule has 1 rings (SSSR count). The lowest BCUT2D eigenvalue weighted by atomic mass is 10.2. The third kappa shape index (κ3) is 6.64. The Kier molecular flexibility index (Phi) is 8.54. The largest absolute Gasteiger partial charge is 0.494 e. The highest BCUT2D eigenvalue weighted by atomic mass is 16.5. The average molecular weight is 288 g/mol. The highest BCUT2D eigenvalue weighted by molar-refractivity contribution is 5.36. The van der Waals surface area contributed by atoms with Crippen LogP contribution in [0.4, 0.5) is 0 Å². The maximum Gasteiger partial charge on any atom is 0.120 e. The average Bonchev–Trinajstić information content (AvgIpc) is 2.53. The van der Waals surface area contributed by atoms with Crippen molar-refractivity contribution in [1.29, 1.82) is 5.26 Å². The van der Waals surface area contributed by atoms with E-state index in [-0.39, 0.29) is 0 Å². The third-order valence-corrected chi connectivity index (χ3v) is 3.83. The van der Waals surface area contributed by atoms with Crippen LogP contribution in [0.5, 0.6) is 5.75 Å². The SMILES string of the molecule is CCCCN(CCCOc1cccc(C#N)c1)C(C)CC. The molecule has 0 amide bonds. The summed E-state index contributed by atoms with van der Waals surface area (Å²) in [6.07, 6.45) is 4.71. The van der Waals surface area contributed by atoms with Crippen LogP contribution in [0.2, 0.25) is 0 Å². The predicted octanol–water partition coefficient (Wildman–Crippen LogP) is 4.23. The van der Waals surface area contributed by atoms with Crippen molar-refractivity contribution in [3.8, 4) is 11.8 Å². The highest BCUT2D eigenvalue weighted by Crippen LogP contribution is 2.13. The highest BCUT2D eigenvalue weighted by Gasteiger charge is 2.10. The van der Waals surface area contributed by atoms with Crippen molar-refractivity contribution >= 4 is 0 Å². The van der Waals surface area contributed by atoms with E-state index in [1.165, 1.54) is 25.8 Å². The van der Waals surface area contributed by atoms with Gasteiger partial charge in [-0.05, 0) is 50.9 Å². The zero-order chi connectivity index (χ0) is 15.5. The number of unbranched alkanes of at least 4 members (excludes halogenated alkanes) is 1. The quantitative estimate of drug-likeness (QED) is 0.605. The van der Waals surface area contributed by atoms with E-state index in [1.54, 1.807) is 12.1 Å². The minimum atomic E-state index is 0.637. The van der Waals surface area contributed by atoms with E-state index in [0.29, 0.717) is 18.2 Å². The van der Waals surface area contributed by atoms with Crippen molar-refractivity contribution < 1.29 is 4.74 Å². The van der Waals surface area contributed by atoms with Crippen LogP contribution in [0.3, 0.4) is 0 Å². The smallest absolute Gasteiger partial charge is 0.120 e. The van der Waals surface area contributed by atoms with Crippen LogP contribution in [0, 0.1) is 11.3 Å². The predicted molar refractivity (Wildman–Crippen MR) is 87.5 cm³/mol. The van der Waals surface area contributed by atoms with E-state index in [1.807, 2.05) is 12.1 Å². The second-order valence-corrected chi connectivity index (χ2v) is 5.49. The number of nitriles is 1. The summed E-state index contributed by atoms with van der Waals surface area (Å²) in [6.45, 7) is 9.73. The molecule has 0 fully saturated rings. The summed E-state index contributed by atoms with van der Waals surface area (Å²) in [5.41, 5.74) is 0.650. The molecule has 0 saturated carbocycles. The second-order valence-electron chi connectivity index (χ2n) is 5.49. The van der Waals surface area contributed by atoms with Crippen LogP contribution in [-0.2, 0) is 0 Å². The number of rotatable bonds is 10. The molecule has 1 aromatic carbocycles. The van der Waals surface area contributed by atoms with E-state index < -0.39 is 0 Å². The Bertz CT molecular complexity index is 439. The van der Waals surface area contributed by atoms with Crippen LogP contribution in [0.25, 0.3) is 0 Å². The first-order chi connectivity index (χ1) is 10.2. The maximum absolute atomic E-state index is 8.86. The molecule has 1 atom stereocenters. The molecule has 3 heteroatoms. The zero-order valence-corrected chi connectivity index (χ0v) is 13.6. The van der Waals surface area contributed by atoms with E-state index in [0.717, 1.165) is 18.7 Å². The van der Waals surface area contributed by atoms with E-state index >= 15 is 0 Å². The van der Waals surface area contributed by atoms with Crippen molar-refractivity contribution in [2.45, 2.75) is 52.5 Å². The lowest BCUT2D eigenvalue weighted by molar-refractivity contribution is 0.182. The van der Waals surface area contributed by atoms with Gasteiger partial charge in [-0.1, -0.05) is 26.3 Å². The van der Waals surface area contributed by atoms with Gasteiger partial charge in [0.1, 0.15) is 5.75 Å². The number of benzene rings is 1. The molecule has 0 aliphatic rings. The fourth-order valence-corrected chi connectivity index (χ4v) is 2.29. The molecule has 0 aromatic heterocycles. The Morgan fingerprint density at radius 1 is 1.24 bits per heavy atom. The molecule has 116 valence electrons. The summed E-state index contributed by atoms with van der Waals surface area (Å²) in [6, 6.07) is 10.1. The van der Waals surface area contributed by atoms with Crippen molar-refractivity contribution in [2.75, 3.05) is 19.7 Å². The van der Waals surface area contributed by atoms with Gasteiger partial charge in [-0.15, -0.1) is 0 Å². The molecule has 0 spiro atoms. The normalized spacial score (nSPS) is 12.1. The molecule has 0 radical (unpaired) electrons. The molecule has 3 nitrogen and oxygen atoms in total. The third-order valence-electron chi connectivity index (χ3n) is 3.83. The molecule has 0 N–H and O–H groups in total. The minimum Gasteiger partial charge on any atom is -0.494 e. The zero-order valence-electron chi connectivity index (χ0n) is 13.6. The molecule has 0 saturated heterocycles. The van der Waals surface area contributed by atoms with Gasteiger partial charge in [0.25, 0.3) is 0 Å². The molecular weight excluding hydrogens is 260 g/mol. The van der Waals surface area contributed by atoms with Crippen LogP contribution >= 0.6 is 0 Å². The first-order valence-corrected chi connectivity index (χ1v) is 8.08. The first kappa shape index (κ1) is 17.5. The minimum absolute atomic E-state index is 0.637. The van der Waals surface area contributed by atoms with Gasteiger partial charge in [-0.3, -0.25) is 0 Å². The Balaban J connectivity index is 2.34. The standard InChI is InChI=1S/C18H28N2O/c1-4-6-11-20(16(3)5-2)12-8-13-21-18-10-7-9-17(14-18)15-19/h7,9-10,14,16H,4-6,8,11-13H2,1-3H3. The van der Waals surface area contributed by atoms with Gasteiger partial charge < -0.3 is 9.64 Å². The second kappa shape index (κ2) is 10.2. The lowest BCUT2D eigenvalue weighted by Crippen LogP contribution is -2.35. The van der Waals surface area contributed by atoms with Crippen LogP contribution < -0.4 is 4.74 Å². The number of hydrogen-bond donors (Lipinski definition) is 0. The fourth-order valence-electron chi connectivity index (χ4n) is 2.29. The summed E-state index contributed by atoms with van der Waals surface area (Å²) in [5.74, 6) is 0.790. The summed E-state index contributed by atoms with van der Waals surface area (Å²) in [5, 5.41) is 8.86. The molecule has 21 heavy (non-hydrogen) atoms. The van der Waals surface area contributed by atoms with Gasteiger partial charge >= 0.3 is 0 Å². The van der Waals surface area contributed by atoms with Gasteiger partial charge in [0.05, 0.1) is 18.2 Å². The Hall–Kier alpha value is -1.53. The number of ether oxygens (including phenoxy) is 1. The Morgan fingerprint density at radius 2 is 2.00 bits per heavy atom. The van der Waals surface area contributed by atoms with Crippen LogP contribution in [0.1, 0.15) is 52.0 Å². The molecule has 0 heterocycles. The van der Waals surface area contributed by atoms with Gasteiger partial charge in [0.2, 0.25) is 0 Å². The topological polar surface area (TPSA) is 36.3 Å². The van der Waals surface area contributed by atoms with E-state index in [9.17, 15) is 0 Å². The summed E-state index contributed by atoms with van der Waals surface area (Å²) in [4.78, 5) is 2.55. The maximum atomic E-state index is 8.86. The monoisotopic (exact) mass is 288 g/mol. The van der Waals surface area contributed by atoms with E-state index in [4.69, 9.17) is 10.00 Å². The van der Waals surface area contributed by atoms with Crippen LogP contribution in [0.15, 0.2) is 24.3 Å². The molecular formula is C18H28N2O.